The number of nitrogens with zero attached hydrogens (tertiary/aromatic N) is 9. The number of ether oxygens (including phenoxy) is 1. The number of anilines is 4. The van der Waals surface area contributed by atoms with E-state index in [-0.39, 0.29) is 36.3 Å². The molecule has 1 saturated heterocycles. The number of halogens is 1. The number of rotatable bonds is 8. The molecule has 0 spiro atoms. The van der Waals surface area contributed by atoms with E-state index >= 15 is 0 Å². The predicted octanol–water partition coefficient (Wildman–Crippen LogP) is 2.60. The van der Waals surface area contributed by atoms with Crippen molar-refractivity contribution < 1.29 is 9.53 Å². The van der Waals surface area contributed by atoms with Crippen LogP contribution in [-0.4, -0.2) is 82.5 Å². The highest BCUT2D eigenvalue weighted by atomic mass is 35.5. The summed E-state index contributed by atoms with van der Waals surface area (Å²) in [6, 6.07) is 9.53. The van der Waals surface area contributed by atoms with Gasteiger partial charge in [-0.3, -0.25) is 4.90 Å². The maximum absolute atomic E-state index is 12.0. The van der Waals surface area contributed by atoms with Gasteiger partial charge in [0.05, 0.1) is 60.0 Å². The third-order valence-corrected chi connectivity index (χ3v) is 7.52. The number of methoxy groups -OCH3 is 1. The molecular formula is C26H27ClN12O2. The van der Waals surface area contributed by atoms with Crippen LogP contribution in [0.3, 0.4) is 0 Å². The Bertz CT molecular complexity index is 1600. The SMILES string of the molecule is COC(=O)N[C@@H]1CCN(c2cc(C#N)cc(Nc3nc(NC4CC4)c4ncc(C#N)n4n3)c2Cl)C[C@@H]1N(C)CC#N. The van der Waals surface area contributed by atoms with Gasteiger partial charge in [0.25, 0.3) is 0 Å². The van der Waals surface area contributed by atoms with Crippen LogP contribution >= 0.6 is 11.6 Å². The maximum atomic E-state index is 12.0. The summed E-state index contributed by atoms with van der Waals surface area (Å²) in [7, 11) is 3.12. The standard InChI is InChI=1S/C26H27ClN12O2/c1-37(8-6-28)21-14-38(7-5-18(21)34-26(40)41-2)20-10-15(11-29)9-19(22(20)27)33-25-35-23(32-16-3-4-16)24-31-13-17(12-30)39(24)36-25/h9-10,13,16,18,21H,3-5,7-8,14H2,1-2H3,(H,34,40)(H2,32,33,35,36)/t18-,21+/m1/s1. The molecule has 0 bridgehead atoms. The van der Waals surface area contributed by atoms with Gasteiger partial charge in [-0.15, -0.1) is 5.10 Å². The molecule has 1 saturated carbocycles. The van der Waals surface area contributed by atoms with Crippen molar-refractivity contribution in [1.29, 1.82) is 15.8 Å². The third kappa shape index (κ3) is 5.87. The highest BCUT2D eigenvalue weighted by molar-refractivity contribution is 6.36. The number of amides is 1. The Labute approximate surface area is 241 Å². The number of fused-ring (bicyclic) bond motifs is 1. The minimum Gasteiger partial charge on any atom is -0.453 e. The minimum absolute atomic E-state index is 0.159. The van der Waals surface area contributed by atoms with Gasteiger partial charge in [0.1, 0.15) is 6.07 Å². The quantitative estimate of drug-likeness (QED) is 0.335. The van der Waals surface area contributed by atoms with E-state index in [2.05, 4.69) is 49.2 Å². The molecule has 3 aromatic rings. The van der Waals surface area contributed by atoms with Crippen LogP contribution in [0, 0.1) is 34.0 Å². The Morgan fingerprint density at radius 2 is 2.05 bits per heavy atom. The number of alkyl carbamates (subject to hydrolysis) is 1. The van der Waals surface area contributed by atoms with Crippen molar-refractivity contribution in [3.63, 3.8) is 0 Å². The van der Waals surface area contributed by atoms with Crippen molar-refractivity contribution >= 4 is 46.5 Å². The van der Waals surface area contributed by atoms with Gasteiger partial charge < -0.3 is 25.6 Å². The molecule has 210 valence electrons. The zero-order chi connectivity index (χ0) is 29.1. The van der Waals surface area contributed by atoms with Crippen LogP contribution in [0.4, 0.5) is 27.9 Å². The van der Waals surface area contributed by atoms with E-state index in [0.717, 1.165) is 12.8 Å². The molecular weight excluding hydrogens is 548 g/mol. The van der Waals surface area contributed by atoms with E-state index in [9.17, 15) is 20.6 Å². The fraction of sp³-hybridized carbons (Fsp3) is 0.423. The van der Waals surface area contributed by atoms with Crippen molar-refractivity contribution in [2.45, 2.75) is 37.4 Å². The number of nitrogens with one attached hydrogen (secondary N) is 3. The topological polar surface area (TPSA) is 183 Å². The summed E-state index contributed by atoms with van der Waals surface area (Å²) in [5, 5.41) is 42.8. The average molecular weight is 575 g/mol. The average Bonchev–Trinajstić information content (AvgIpc) is 3.70. The van der Waals surface area contributed by atoms with Crippen molar-refractivity contribution in [3.8, 4) is 18.2 Å². The van der Waals surface area contributed by atoms with Crippen molar-refractivity contribution in [2.75, 3.05) is 49.3 Å². The predicted molar refractivity (Wildman–Crippen MR) is 150 cm³/mol. The van der Waals surface area contributed by atoms with E-state index < -0.39 is 6.09 Å². The molecule has 5 rings (SSSR count). The van der Waals surface area contributed by atoms with Crippen LogP contribution in [0.2, 0.25) is 5.02 Å². The summed E-state index contributed by atoms with van der Waals surface area (Å²) in [4.78, 5) is 24.7. The lowest BCUT2D eigenvalue weighted by atomic mass is 9.97. The molecule has 2 aliphatic rings. The lowest BCUT2D eigenvalue weighted by Crippen LogP contribution is -2.60. The van der Waals surface area contributed by atoms with Crippen LogP contribution in [0.15, 0.2) is 18.3 Å². The fourth-order valence-corrected chi connectivity index (χ4v) is 5.12. The minimum atomic E-state index is -0.542. The number of benzene rings is 1. The summed E-state index contributed by atoms with van der Waals surface area (Å²) >= 11 is 6.93. The first-order chi connectivity index (χ1) is 19.8. The van der Waals surface area contributed by atoms with Crippen LogP contribution < -0.4 is 20.9 Å². The molecule has 2 fully saturated rings. The van der Waals surface area contributed by atoms with Gasteiger partial charge in [-0.05, 0) is 38.4 Å². The normalized spacial score (nSPS) is 18.3. The molecule has 1 amide bonds. The van der Waals surface area contributed by atoms with E-state index in [1.807, 2.05) is 16.8 Å². The highest BCUT2D eigenvalue weighted by Gasteiger charge is 2.34. The second-order valence-corrected chi connectivity index (χ2v) is 10.3. The molecule has 41 heavy (non-hydrogen) atoms. The van der Waals surface area contributed by atoms with Gasteiger partial charge in [-0.2, -0.15) is 25.3 Å². The maximum Gasteiger partial charge on any atom is 0.407 e. The van der Waals surface area contributed by atoms with Gasteiger partial charge in [0.2, 0.25) is 5.95 Å². The first-order valence-corrected chi connectivity index (χ1v) is 13.3. The number of hydrogen-bond donors (Lipinski definition) is 3. The molecule has 15 heteroatoms. The molecule has 1 aromatic carbocycles. The lowest BCUT2D eigenvalue weighted by molar-refractivity contribution is 0.144. The zero-order valence-electron chi connectivity index (χ0n) is 22.4. The van der Waals surface area contributed by atoms with Crippen molar-refractivity contribution in [1.82, 2.24) is 29.8 Å². The number of nitriles is 3. The van der Waals surface area contributed by atoms with Gasteiger partial charge >= 0.3 is 6.09 Å². The van der Waals surface area contributed by atoms with E-state index in [1.54, 1.807) is 12.1 Å². The molecule has 2 atom stereocenters. The molecule has 0 unspecified atom stereocenters. The fourth-order valence-electron chi connectivity index (χ4n) is 4.85. The summed E-state index contributed by atoms with van der Waals surface area (Å²) in [6.07, 6.45) is 3.48. The Morgan fingerprint density at radius 1 is 1.24 bits per heavy atom. The van der Waals surface area contributed by atoms with Gasteiger partial charge in [0, 0.05) is 25.2 Å². The molecule has 1 aliphatic heterocycles. The molecule has 3 N–H and O–H groups in total. The van der Waals surface area contributed by atoms with E-state index in [0.29, 0.717) is 52.9 Å². The van der Waals surface area contributed by atoms with Crippen LogP contribution in [0.25, 0.3) is 5.65 Å². The monoisotopic (exact) mass is 574 g/mol. The number of imidazole rings is 1. The Hall–Kier alpha value is -4.84. The van der Waals surface area contributed by atoms with E-state index in [1.165, 1.54) is 17.8 Å². The molecule has 1 aliphatic carbocycles. The zero-order valence-corrected chi connectivity index (χ0v) is 23.2. The number of hydrogen-bond acceptors (Lipinski definition) is 12. The van der Waals surface area contributed by atoms with Gasteiger partial charge in [-0.25, -0.2) is 9.78 Å². The smallest absolute Gasteiger partial charge is 0.407 e. The summed E-state index contributed by atoms with van der Waals surface area (Å²) in [5.74, 6) is 0.661. The largest absolute Gasteiger partial charge is 0.453 e. The molecule has 2 aromatic heterocycles. The highest BCUT2D eigenvalue weighted by Crippen LogP contribution is 2.38. The summed E-state index contributed by atoms with van der Waals surface area (Å²) in [5.41, 5.74) is 2.07. The molecule has 14 nitrogen and oxygen atoms in total. The van der Waals surface area contributed by atoms with Gasteiger partial charge in [0.15, 0.2) is 17.2 Å². The Morgan fingerprint density at radius 3 is 2.73 bits per heavy atom. The number of carbonyl (C=O) groups excluding carboxylic acids is 1. The molecule has 3 heterocycles. The summed E-state index contributed by atoms with van der Waals surface area (Å²) in [6.45, 7) is 1.12. The first-order valence-electron chi connectivity index (χ1n) is 12.9. The first kappa shape index (κ1) is 27.7. The van der Waals surface area contributed by atoms with Crippen molar-refractivity contribution in [2.24, 2.45) is 0 Å². The lowest BCUT2D eigenvalue weighted by Gasteiger charge is -2.43. The van der Waals surface area contributed by atoms with Gasteiger partial charge in [-0.1, -0.05) is 11.6 Å². The third-order valence-electron chi connectivity index (χ3n) is 7.12. The number of carbonyl (C=O) groups is 1. The second kappa shape index (κ2) is 11.7. The van der Waals surface area contributed by atoms with E-state index in [4.69, 9.17) is 16.3 Å². The van der Waals surface area contributed by atoms with Crippen LogP contribution in [0.1, 0.15) is 30.5 Å². The summed E-state index contributed by atoms with van der Waals surface area (Å²) < 4.78 is 6.21. The van der Waals surface area contributed by atoms with Crippen LogP contribution in [0.5, 0.6) is 0 Å². The Kier molecular flexibility index (Phi) is 7.92. The second-order valence-electron chi connectivity index (χ2n) is 9.90. The van der Waals surface area contributed by atoms with Crippen molar-refractivity contribution in [3.05, 3.63) is 34.6 Å². The van der Waals surface area contributed by atoms with Crippen LogP contribution in [-0.2, 0) is 4.74 Å². The Balaban J connectivity index is 1.48. The number of aromatic nitrogens is 4. The number of likely N-dealkylation sites (N-methyl/N-ethyl adjacent to an activating group) is 1. The number of piperidine rings is 1. The molecule has 0 radical (unpaired) electrons.